The Bertz CT molecular complexity index is 1290. The number of esters is 1. The van der Waals surface area contributed by atoms with Gasteiger partial charge >= 0.3 is 5.97 Å². The number of fused-ring (bicyclic) bond motifs is 1. The average molecular weight is 466 g/mol. The van der Waals surface area contributed by atoms with E-state index in [0.29, 0.717) is 36.4 Å². The number of aryl methyl sites for hydroxylation is 1. The van der Waals surface area contributed by atoms with Gasteiger partial charge in [0.1, 0.15) is 17.2 Å². The summed E-state index contributed by atoms with van der Waals surface area (Å²) in [6.45, 7) is 3.15. The topological polar surface area (TPSA) is 121 Å². The molecule has 0 fully saturated rings. The van der Waals surface area contributed by atoms with Gasteiger partial charge in [-0.3, -0.25) is 4.79 Å². The van der Waals surface area contributed by atoms with Crippen molar-refractivity contribution < 1.29 is 27.9 Å². The molecule has 0 radical (unpaired) electrons. The van der Waals surface area contributed by atoms with E-state index in [-0.39, 0.29) is 17.1 Å². The second-order valence-corrected chi connectivity index (χ2v) is 7.46. The Morgan fingerprint density at radius 3 is 2.68 bits per heavy atom. The maximum Gasteiger partial charge on any atom is 0.356 e. The van der Waals surface area contributed by atoms with Gasteiger partial charge in [-0.1, -0.05) is 6.92 Å². The van der Waals surface area contributed by atoms with Crippen molar-refractivity contribution in [2.45, 2.75) is 26.4 Å². The molecule has 0 bridgehead atoms. The molecule has 4 rings (SSSR count). The molecular weight excluding hydrogens is 440 g/mol. The zero-order chi connectivity index (χ0) is 24.1. The zero-order valence-corrected chi connectivity index (χ0v) is 19.2. The molecular formula is C24H26N4O6. The largest absolute Gasteiger partial charge is 0.464 e. The van der Waals surface area contributed by atoms with Crippen molar-refractivity contribution >= 4 is 34.3 Å². The van der Waals surface area contributed by atoms with E-state index in [1.165, 1.54) is 19.4 Å². The number of hydrogen-bond donors (Lipinski definition) is 2. The first-order valence-electron chi connectivity index (χ1n) is 10.8. The van der Waals surface area contributed by atoms with Crippen LogP contribution in [0, 0.1) is 0 Å². The summed E-state index contributed by atoms with van der Waals surface area (Å²) in [6.07, 6.45) is 3.88. The molecule has 0 unspecified atom stereocenters. The molecule has 0 aromatic carbocycles. The van der Waals surface area contributed by atoms with E-state index in [2.05, 4.69) is 15.6 Å². The summed E-state index contributed by atoms with van der Waals surface area (Å²) < 4.78 is 22.8. The van der Waals surface area contributed by atoms with Crippen molar-refractivity contribution in [3.63, 3.8) is 0 Å². The number of anilines is 2. The normalized spacial score (nSPS) is 11.0. The molecule has 178 valence electrons. The number of rotatable bonds is 10. The van der Waals surface area contributed by atoms with E-state index >= 15 is 0 Å². The van der Waals surface area contributed by atoms with E-state index in [1.807, 2.05) is 25.1 Å². The van der Waals surface area contributed by atoms with Crippen LogP contribution in [-0.2, 0) is 29.0 Å². The highest BCUT2D eigenvalue weighted by Crippen LogP contribution is 2.33. The van der Waals surface area contributed by atoms with Gasteiger partial charge in [0.25, 0.3) is 5.91 Å². The third-order valence-electron chi connectivity index (χ3n) is 5.31. The second kappa shape index (κ2) is 10.3. The Hall–Kier alpha value is -4.05. The Balaban J connectivity index is 1.75. The Kier molecular flexibility index (Phi) is 6.98. The van der Waals surface area contributed by atoms with E-state index in [9.17, 15) is 9.59 Å². The van der Waals surface area contributed by atoms with Crippen LogP contribution in [0.2, 0.25) is 0 Å². The van der Waals surface area contributed by atoms with Gasteiger partial charge in [0.15, 0.2) is 11.5 Å². The number of carbonyl (C=O) groups excluding carboxylic acids is 2. The molecule has 0 aliphatic carbocycles. The lowest BCUT2D eigenvalue weighted by molar-refractivity contribution is 0.0588. The quantitative estimate of drug-likeness (QED) is 0.335. The van der Waals surface area contributed by atoms with E-state index in [4.69, 9.17) is 18.3 Å². The minimum Gasteiger partial charge on any atom is -0.464 e. The molecule has 34 heavy (non-hydrogen) atoms. The van der Waals surface area contributed by atoms with E-state index in [0.717, 1.165) is 17.9 Å². The third kappa shape index (κ3) is 4.67. The molecule has 0 saturated heterocycles. The molecule has 0 aliphatic heterocycles. The number of furan rings is 2. The number of amides is 1. The maximum absolute atomic E-state index is 12.8. The smallest absolute Gasteiger partial charge is 0.356 e. The van der Waals surface area contributed by atoms with Crippen LogP contribution in [0.5, 0.6) is 0 Å². The lowest BCUT2D eigenvalue weighted by Gasteiger charge is -2.10. The molecule has 1 amide bonds. The fourth-order valence-corrected chi connectivity index (χ4v) is 3.64. The number of hydrogen-bond acceptors (Lipinski definition) is 8. The number of nitrogens with zero attached hydrogens (tertiary/aromatic N) is 2. The molecule has 10 heteroatoms. The van der Waals surface area contributed by atoms with Crippen LogP contribution >= 0.6 is 0 Å². The van der Waals surface area contributed by atoms with E-state index < -0.39 is 11.9 Å². The van der Waals surface area contributed by atoms with Crippen LogP contribution in [0.25, 0.3) is 11.0 Å². The molecule has 4 aromatic rings. The molecule has 10 nitrogen and oxygen atoms in total. The zero-order valence-electron chi connectivity index (χ0n) is 19.2. The van der Waals surface area contributed by atoms with Gasteiger partial charge < -0.3 is 33.5 Å². The summed E-state index contributed by atoms with van der Waals surface area (Å²) in [5.74, 6) is 0.700. The first kappa shape index (κ1) is 23.1. The number of methoxy groups -OCH3 is 2. The lowest BCUT2D eigenvalue weighted by Crippen LogP contribution is -2.18. The minimum absolute atomic E-state index is 0.111. The summed E-state index contributed by atoms with van der Waals surface area (Å²) in [4.78, 5) is 30.1. The predicted molar refractivity (Wildman–Crippen MR) is 125 cm³/mol. The van der Waals surface area contributed by atoms with Crippen molar-refractivity contribution in [1.82, 2.24) is 9.55 Å². The van der Waals surface area contributed by atoms with Gasteiger partial charge in [-0.15, -0.1) is 0 Å². The number of pyridine rings is 1. The van der Waals surface area contributed by atoms with Crippen molar-refractivity contribution in [3.8, 4) is 0 Å². The van der Waals surface area contributed by atoms with Crippen LogP contribution in [-0.4, -0.2) is 42.3 Å². The predicted octanol–water partition coefficient (Wildman–Crippen LogP) is 4.08. The molecule has 0 atom stereocenters. The van der Waals surface area contributed by atoms with Crippen LogP contribution < -0.4 is 10.6 Å². The van der Waals surface area contributed by atoms with Crippen LogP contribution in [0.1, 0.15) is 39.5 Å². The van der Waals surface area contributed by atoms with Crippen LogP contribution in [0.15, 0.2) is 51.6 Å². The fourth-order valence-electron chi connectivity index (χ4n) is 3.64. The molecule has 0 aliphatic rings. The highest BCUT2D eigenvalue weighted by atomic mass is 16.5. The third-order valence-corrected chi connectivity index (χ3v) is 5.31. The van der Waals surface area contributed by atoms with Crippen molar-refractivity contribution in [2.75, 3.05) is 31.5 Å². The lowest BCUT2D eigenvalue weighted by atomic mass is 10.2. The van der Waals surface area contributed by atoms with Crippen molar-refractivity contribution in [1.29, 1.82) is 0 Å². The number of carbonyl (C=O) groups is 2. The highest BCUT2D eigenvalue weighted by molar-refractivity contribution is 6.14. The first-order chi connectivity index (χ1) is 16.5. The molecule has 2 N–H and O–H groups in total. The van der Waals surface area contributed by atoms with Crippen LogP contribution in [0.3, 0.4) is 0 Å². The number of ether oxygens (including phenoxy) is 2. The van der Waals surface area contributed by atoms with Gasteiger partial charge in [-0.2, -0.15) is 0 Å². The standard InChI is InChI=1S/C24H26N4O6/c1-4-16-7-8-17(34-16)14-25-15-12-18-20(27-23(29)19-6-5-10-33-19)21(24(30)32-3)28(9-11-31-2)22(18)26-13-15/h5-8,10,12-13,25H,4,9,11,14H2,1-3H3,(H,27,29). The summed E-state index contributed by atoms with van der Waals surface area (Å²) in [5.41, 5.74) is 1.64. The van der Waals surface area contributed by atoms with Crippen LogP contribution in [0.4, 0.5) is 11.4 Å². The summed E-state index contributed by atoms with van der Waals surface area (Å²) >= 11 is 0. The summed E-state index contributed by atoms with van der Waals surface area (Å²) in [5, 5.41) is 6.64. The average Bonchev–Trinajstić information content (AvgIpc) is 3.60. The van der Waals surface area contributed by atoms with Gasteiger partial charge in [0.2, 0.25) is 0 Å². The van der Waals surface area contributed by atoms with E-state index in [1.54, 1.807) is 23.9 Å². The van der Waals surface area contributed by atoms with Gasteiger partial charge in [0.05, 0.1) is 44.1 Å². The van der Waals surface area contributed by atoms with Gasteiger partial charge in [-0.25, -0.2) is 9.78 Å². The van der Waals surface area contributed by atoms with Gasteiger partial charge in [-0.05, 0) is 30.3 Å². The molecule has 4 heterocycles. The fraction of sp³-hybridized carbons (Fsp3) is 0.292. The maximum atomic E-state index is 12.8. The molecule has 4 aromatic heterocycles. The minimum atomic E-state index is -0.610. The molecule has 0 spiro atoms. The SMILES string of the molecule is CCc1ccc(CNc2cnc3c(c2)c(NC(=O)c2ccco2)c(C(=O)OC)n3CCOC)o1. The number of nitrogens with one attached hydrogen (secondary N) is 2. The highest BCUT2D eigenvalue weighted by Gasteiger charge is 2.27. The Morgan fingerprint density at radius 2 is 2.00 bits per heavy atom. The van der Waals surface area contributed by atoms with Gasteiger partial charge in [0, 0.05) is 25.5 Å². The number of aromatic nitrogens is 2. The second-order valence-electron chi connectivity index (χ2n) is 7.46. The summed E-state index contributed by atoms with van der Waals surface area (Å²) in [7, 11) is 2.85. The van der Waals surface area contributed by atoms with Crippen molar-refractivity contribution in [2.24, 2.45) is 0 Å². The van der Waals surface area contributed by atoms with Crippen molar-refractivity contribution in [3.05, 3.63) is 65.8 Å². The Labute approximate surface area is 195 Å². The Morgan fingerprint density at radius 1 is 1.18 bits per heavy atom. The molecule has 0 saturated carbocycles. The monoisotopic (exact) mass is 466 g/mol. The first-order valence-corrected chi connectivity index (χ1v) is 10.8. The summed E-state index contributed by atoms with van der Waals surface area (Å²) in [6, 6.07) is 8.83.